The summed E-state index contributed by atoms with van der Waals surface area (Å²) in [6.07, 6.45) is 16.0. The summed E-state index contributed by atoms with van der Waals surface area (Å²) in [5, 5.41) is 3.53. The van der Waals surface area contributed by atoms with Gasteiger partial charge >= 0.3 is 0 Å². The smallest absolute Gasteiger partial charge is 0.242 e. The zero-order valence-electron chi connectivity index (χ0n) is 16.7. The number of fused-ring (bicyclic) bond motifs is 1. The highest BCUT2D eigenvalue weighted by atomic mass is 32.2. The minimum Gasteiger partial charge on any atom is -0.316 e. The summed E-state index contributed by atoms with van der Waals surface area (Å²) in [6, 6.07) is 0.409. The maximum atomic E-state index is 12.9. The van der Waals surface area contributed by atoms with E-state index in [0.29, 0.717) is 35.4 Å². The molecule has 4 atom stereocenters. The molecule has 0 aromatic heterocycles. The summed E-state index contributed by atoms with van der Waals surface area (Å²) in [5.41, 5.74) is 1.97. The summed E-state index contributed by atoms with van der Waals surface area (Å²) in [5.74, 6) is 1.28. The van der Waals surface area contributed by atoms with E-state index in [1.54, 1.807) is 10.4 Å². The Morgan fingerprint density at radius 1 is 1.07 bits per heavy atom. The SMILES string of the molecule is CC1C=CC(S(=O)(=O)N2CCN(C3C=CC(C45CNCC4C5)=CC3)CC2)=CC1. The van der Waals surface area contributed by atoms with Crippen molar-refractivity contribution in [3.05, 3.63) is 46.9 Å². The van der Waals surface area contributed by atoms with Crippen LogP contribution in [0, 0.1) is 17.3 Å². The van der Waals surface area contributed by atoms with Crippen molar-refractivity contribution in [3.63, 3.8) is 0 Å². The first-order valence-corrected chi connectivity index (χ1v) is 12.2. The number of piperazine rings is 1. The third-order valence-electron chi connectivity index (χ3n) is 7.38. The van der Waals surface area contributed by atoms with Crippen LogP contribution < -0.4 is 5.32 Å². The highest BCUT2D eigenvalue weighted by Gasteiger charge is 2.58. The van der Waals surface area contributed by atoms with E-state index < -0.39 is 10.0 Å². The van der Waals surface area contributed by atoms with Crippen LogP contribution in [0.3, 0.4) is 0 Å². The first-order valence-electron chi connectivity index (χ1n) is 10.7. The van der Waals surface area contributed by atoms with Crippen LogP contribution in [0.25, 0.3) is 0 Å². The van der Waals surface area contributed by atoms with Crippen LogP contribution in [0.1, 0.15) is 26.2 Å². The van der Waals surface area contributed by atoms with Crippen LogP contribution >= 0.6 is 0 Å². The van der Waals surface area contributed by atoms with Gasteiger partial charge in [-0.1, -0.05) is 37.3 Å². The van der Waals surface area contributed by atoms with Gasteiger partial charge in [0, 0.05) is 44.2 Å². The monoisotopic (exact) mass is 401 g/mol. The Hall–Kier alpha value is -1.21. The van der Waals surface area contributed by atoms with Crippen LogP contribution in [0.5, 0.6) is 0 Å². The fraction of sp³-hybridized carbons (Fsp3) is 0.636. The van der Waals surface area contributed by atoms with Gasteiger partial charge in [-0.15, -0.1) is 0 Å². The quantitative estimate of drug-likeness (QED) is 0.785. The first-order chi connectivity index (χ1) is 13.5. The molecule has 6 heteroatoms. The predicted molar refractivity (Wildman–Crippen MR) is 112 cm³/mol. The minimum atomic E-state index is -3.34. The summed E-state index contributed by atoms with van der Waals surface area (Å²) >= 11 is 0. The first kappa shape index (κ1) is 18.8. The third-order valence-corrected chi connectivity index (χ3v) is 9.32. The second-order valence-corrected chi connectivity index (χ2v) is 11.1. The molecule has 2 aliphatic heterocycles. The van der Waals surface area contributed by atoms with Crippen LogP contribution in [-0.2, 0) is 10.0 Å². The predicted octanol–water partition coefficient (Wildman–Crippen LogP) is 2.28. The Labute approximate surface area is 168 Å². The molecule has 0 radical (unpaired) electrons. The standard InChI is InChI=1S/C22H31N3O2S/c1-17-2-8-21(9-3-17)28(26,27)25-12-10-24(11-13-25)20-6-4-18(5-7-20)22-14-19(22)15-23-16-22/h2,4-6,8-9,17,19-20,23H,3,7,10-16H2,1H3. The molecule has 5 rings (SSSR count). The lowest BCUT2D eigenvalue weighted by molar-refractivity contribution is 0.159. The second kappa shape index (κ2) is 6.94. The molecule has 28 heavy (non-hydrogen) atoms. The van der Waals surface area contributed by atoms with Crippen LogP contribution in [0.4, 0.5) is 0 Å². The fourth-order valence-electron chi connectivity index (χ4n) is 5.36. The molecule has 152 valence electrons. The lowest BCUT2D eigenvalue weighted by Gasteiger charge is -2.38. The Kier molecular flexibility index (Phi) is 4.66. The number of rotatable bonds is 4. The van der Waals surface area contributed by atoms with E-state index in [0.717, 1.165) is 38.4 Å². The summed E-state index contributed by atoms with van der Waals surface area (Å²) in [7, 11) is -3.34. The maximum absolute atomic E-state index is 12.9. The van der Waals surface area contributed by atoms with Crippen LogP contribution in [0.2, 0.25) is 0 Å². The largest absolute Gasteiger partial charge is 0.316 e. The average Bonchev–Trinajstić information content (AvgIpc) is 3.29. The second-order valence-electron chi connectivity index (χ2n) is 9.13. The normalized spacial score (nSPS) is 38.8. The van der Waals surface area contributed by atoms with E-state index >= 15 is 0 Å². The van der Waals surface area contributed by atoms with Crippen molar-refractivity contribution in [2.45, 2.75) is 32.2 Å². The van der Waals surface area contributed by atoms with Crippen molar-refractivity contribution >= 4 is 10.0 Å². The molecule has 0 amide bonds. The number of nitrogens with zero attached hydrogens (tertiary/aromatic N) is 2. The average molecular weight is 402 g/mol. The molecule has 1 saturated carbocycles. The molecule has 4 unspecified atom stereocenters. The van der Waals surface area contributed by atoms with Gasteiger partial charge in [-0.2, -0.15) is 4.31 Å². The molecule has 0 bridgehead atoms. The highest BCUT2D eigenvalue weighted by molar-refractivity contribution is 7.93. The molecule has 2 saturated heterocycles. The molecule has 5 nitrogen and oxygen atoms in total. The summed E-state index contributed by atoms with van der Waals surface area (Å²) in [6.45, 7) is 7.20. The van der Waals surface area contributed by atoms with Gasteiger partial charge in [-0.25, -0.2) is 8.42 Å². The number of hydrogen-bond acceptors (Lipinski definition) is 4. The Bertz CT molecular complexity index is 864. The molecular weight excluding hydrogens is 370 g/mol. The number of piperidine rings is 1. The topological polar surface area (TPSA) is 52.7 Å². The lowest BCUT2D eigenvalue weighted by atomic mass is 9.88. The van der Waals surface area contributed by atoms with Gasteiger partial charge < -0.3 is 5.32 Å². The van der Waals surface area contributed by atoms with E-state index in [-0.39, 0.29) is 0 Å². The van der Waals surface area contributed by atoms with Crippen molar-refractivity contribution in [3.8, 4) is 0 Å². The van der Waals surface area contributed by atoms with Crippen molar-refractivity contribution in [2.75, 3.05) is 39.3 Å². The minimum absolute atomic E-state index is 0.409. The molecule has 0 aromatic rings. The van der Waals surface area contributed by atoms with Gasteiger partial charge in [0.15, 0.2) is 0 Å². The molecule has 3 aliphatic carbocycles. The molecule has 3 fully saturated rings. The van der Waals surface area contributed by atoms with Gasteiger partial charge in [0.05, 0.1) is 4.91 Å². The molecular formula is C22H31N3O2S. The zero-order chi connectivity index (χ0) is 19.4. The van der Waals surface area contributed by atoms with Crippen molar-refractivity contribution in [1.29, 1.82) is 0 Å². The van der Waals surface area contributed by atoms with Gasteiger partial charge in [0.1, 0.15) is 0 Å². The van der Waals surface area contributed by atoms with E-state index in [4.69, 9.17) is 0 Å². The molecule has 2 heterocycles. The van der Waals surface area contributed by atoms with Crippen molar-refractivity contribution in [1.82, 2.24) is 14.5 Å². The number of allylic oxidation sites excluding steroid dienone is 4. The third kappa shape index (κ3) is 3.15. The van der Waals surface area contributed by atoms with Crippen molar-refractivity contribution in [2.24, 2.45) is 17.3 Å². The molecule has 5 aliphatic rings. The van der Waals surface area contributed by atoms with E-state index in [9.17, 15) is 8.42 Å². The molecule has 1 N–H and O–H groups in total. The highest BCUT2D eigenvalue weighted by Crippen LogP contribution is 2.60. The number of nitrogens with one attached hydrogen (secondary N) is 1. The summed E-state index contributed by atoms with van der Waals surface area (Å²) in [4.78, 5) is 2.92. The van der Waals surface area contributed by atoms with Gasteiger partial charge in [-0.05, 0) is 49.3 Å². The zero-order valence-corrected chi connectivity index (χ0v) is 17.5. The lowest BCUT2D eigenvalue weighted by Crippen LogP contribution is -2.51. The fourth-order valence-corrected chi connectivity index (χ4v) is 6.86. The van der Waals surface area contributed by atoms with Gasteiger partial charge in [0.2, 0.25) is 10.0 Å². The van der Waals surface area contributed by atoms with Crippen LogP contribution in [-0.4, -0.2) is 62.9 Å². The van der Waals surface area contributed by atoms with Gasteiger partial charge in [-0.3, -0.25) is 4.90 Å². The van der Waals surface area contributed by atoms with Gasteiger partial charge in [0.25, 0.3) is 0 Å². The van der Waals surface area contributed by atoms with E-state index in [1.807, 2.05) is 12.2 Å². The maximum Gasteiger partial charge on any atom is 0.242 e. The number of hydrogen-bond donors (Lipinski definition) is 1. The Morgan fingerprint density at radius 3 is 2.46 bits per heavy atom. The number of sulfonamides is 1. The molecule has 0 spiro atoms. The molecule has 0 aromatic carbocycles. The van der Waals surface area contributed by atoms with Crippen LogP contribution in [0.15, 0.2) is 46.9 Å². The van der Waals surface area contributed by atoms with E-state index in [2.05, 4.69) is 35.4 Å². The Balaban J connectivity index is 1.18. The van der Waals surface area contributed by atoms with Crippen molar-refractivity contribution < 1.29 is 8.42 Å². The van der Waals surface area contributed by atoms with E-state index in [1.165, 1.54) is 18.5 Å². The Morgan fingerprint density at radius 2 is 1.89 bits per heavy atom. The summed E-state index contributed by atoms with van der Waals surface area (Å²) < 4.78 is 27.5.